The van der Waals surface area contributed by atoms with Crippen LogP contribution in [-0.4, -0.2) is 11.0 Å². The number of hydrogen-bond acceptors (Lipinski definition) is 4. The first kappa shape index (κ1) is 13.8. The molecule has 19 heavy (non-hydrogen) atoms. The van der Waals surface area contributed by atoms with Gasteiger partial charge >= 0.3 is 0 Å². The van der Waals surface area contributed by atoms with Crippen LogP contribution < -0.4 is 5.73 Å². The van der Waals surface area contributed by atoms with Crippen molar-refractivity contribution in [3.05, 3.63) is 33.9 Å². The summed E-state index contributed by atoms with van der Waals surface area (Å²) in [5, 5.41) is 10.8. The minimum atomic E-state index is -0.454. The number of rotatable bonds is 4. The summed E-state index contributed by atoms with van der Waals surface area (Å²) < 4.78 is 5.86. The minimum Gasteiger partial charge on any atom is -0.393 e. The van der Waals surface area contributed by atoms with Gasteiger partial charge in [-0.3, -0.25) is 10.1 Å². The molecule has 0 radical (unpaired) electrons. The van der Waals surface area contributed by atoms with Crippen molar-refractivity contribution in [2.24, 2.45) is 0 Å². The maximum absolute atomic E-state index is 10.8. The molecule has 0 atom stereocenters. The molecule has 0 aliphatic heterocycles. The monoisotopic (exact) mass is 264 g/mol. The van der Waals surface area contributed by atoms with Crippen molar-refractivity contribution in [3.8, 4) is 0 Å². The van der Waals surface area contributed by atoms with Crippen LogP contribution in [-0.2, 0) is 11.3 Å². The van der Waals surface area contributed by atoms with E-state index in [-0.39, 0.29) is 11.4 Å². The van der Waals surface area contributed by atoms with Crippen LogP contribution in [0, 0.1) is 10.1 Å². The van der Waals surface area contributed by atoms with Crippen molar-refractivity contribution in [1.82, 2.24) is 0 Å². The normalized spacial score (nSPS) is 17.1. The van der Waals surface area contributed by atoms with Gasteiger partial charge in [-0.2, -0.15) is 0 Å². The van der Waals surface area contributed by atoms with Crippen LogP contribution in [0.5, 0.6) is 0 Å². The van der Waals surface area contributed by atoms with Crippen LogP contribution in [0.15, 0.2) is 18.2 Å². The lowest BCUT2D eigenvalue weighted by Gasteiger charge is -2.15. The number of benzene rings is 1. The van der Waals surface area contributed by atoms with Crippen LogP contribution in [0.2, 0.25) is 0 Å². The van der Waals surface area contributed by atoms with Crippen molar-refractivity contribution in [1.29, 1.82) is 0 Å². The first-order chi connectivity index (χ1) is 9.16. The molecule has 1 fully saturated rings. The lowest BCUT2D eigenvalue weighted by atomic mass is 10.1. The van der Waals surface area contributed by atoms with E-state index >= 15 is 0 Å². The Kier molecular flexibility index (Phi) is 4.74. The van der Waals surface area contributed by atoms with E-state index in [2.05, 4.69) is 0 Å². The average molecular weight is 264 g/mol. The first-order valence-electron chi connectivity index (χ1n) is 6.81. The lowest BCUT2D eigenvalue weighted by Crippen LogP contribution is -2.11. The van der Waals surface area contributed by atoms with Gasteiger partial charge in [-0.05, 0) is 24.5 Å². The highest BCUT2D eigenvalue weighted by Crippen LogP contribution is 2.24. The Morgan fingerprint density at radius 1 is 1.26 bits per heavy atom. The Hall–Kier alpha value is -1.62. The van der Waals surface area contributed by atoms with Gasteiger partial charge in [-0.25, -0.2) is 0 Å². The molecule has 0 bridgehead atoms. The molecule has 0 amide bonds. The predicted octanol–water partition coefficient (Wildman–Crippen LogP) is 3.42. The molecule has 2 rings (SSSR count). The van der Waals surface area contributed by atoms with E-state index in [4.69, 9.17) is 10.5 Å². The summed E-state index contributed by atoms with van der Waals surface area (Å²) in [4.78, 5) is 10.4. The van der Waals surface area contributed by atoms with Crippen molar-refractivity contribution in [2.45, 2.75) is 51.2 Å². The number of nitro groups is 1. The quantitative estimate of drug-likeness (QED) is 0.391. The molecule has 1 aromatic carbocycles. The van der Waals surface area contributed by atoms with Crippen molar-refractivity contribution in [2.75, 3.05) is 5.73 Å². The molecule has 1 aliphatic rings. The van der Waals surface area contributed by atoms with Crippen LogP contribution in [0.4, 0.5) is 11.4 Å². The number of nitrogens with two attached hydrogens (primary N) is 1. The van der Waals surface area contributed by atoms with Crippen LogP contribution in [0.1, 0.15) is 44.1 Å². The van der Waals surface area contributed by atoms with Gasteiger partial charge in [0.15, 0.2) is 0 Å². The van der Waals surface area contributed by atoms with Crippen molar-refractivity contribution in [3.63, 3.8) is 0 Å². The number of ether oxygens (including phenoxy) is 1. The highest BCUT2D eigenvalue weighted by molar-refractivity contribution is 5.59. The number of anilines is 1. The van der Waals surface area contributed by atoms with Crippen LogP contribution >= 0.6 is 0 Å². The third kappa shape index (κ3) is 3.92. The van der Waals surface area contributed by atoms with E-state index in [1.165, 1.54) is 31.7 Å². The molecule has 1 aliphatic carbocycles. The van der Waals surface area contributed by atoms with Crippen LogP contribution in [0.25, 0.3) is 0 Å². The smallest absolute Gasteiger partial charge is 0.292 e. The molecule has 104 valence electrons. The van der Waals surface area contributed by atoms with E-state index in [0.717, 1.165) is 18.4 Å². The number of nitrogen functional groups attached to an aromatic ring is 1. The zero-order valence-corrected chi connectivity index (χ0v) is 11.0. The molecular weight excluding hydrogens is 244 g/mol. The van der Waals surface area contributed by atoms with Crippen molar-refractivity contribution < 1.29 is 9.66 Å². The van der Waals surface area contributed by atoms with E-state index < -0.39 is 4.92 Å². The van der Waals surface area contributed by atoms with Gasteiger partial charge in [0.05, 0.1) is 17.6 Å². The lowest BCUT2D eigenvalue weighted by molar-refractivity contribution is -0.384. The average Bonchev–Trinajstić information content (AvgIpc) is 2.66. The fourth-order valence-electron chi connectivity index (χ4n) is 2.46. The van der Waals surface area contributed by atoms with Gasteiger partial charge in [0.2, 0.25) is 0 Å². The summed E-state index contributed by atoms with van der Waals surface area (Å²) in [7, 11) is 0. The summed E-state index contributed by atoms with van der Waals surface area (Å²) in [5.41, 5.74) is 6.54. The minimum absolute atomic E-state index is 0.0398. The molecule has 1 saturated carbocycles. The van der Waals surface area contributed by atoms with E-state index in [1.54, 1.807) is 12.1 Å². The van der Waals surface area contributed by atoms with Gasteiger partial charge in [0, 0.05) is 6.07 Å². The SMILES string of the molecule is Nc1ccc(COC2CCCCCC2)cc1[N+](=O)[O-]. The summed E-state index contributed by atoms with van der Waals surface area (Å²) in [6, 6.07) is 4.87. The molecule has 2 N–H and O–H groups in total. The maximum atomic E-state index is 10.8. The Morgan fingerprint density at radius 2 is 1.95 bits per heavy atom. The molecular formula is C14H20N2O3. The standard InChI is InChI=1S/C14H20N2O3/c15-13-8-7-11(9-14(13)16(17)18)10-19-12-5-3-1-2-4-6-12/h7-9,12H,1-6,10,15H2. The third-order valence-corrected chi connectivity index (χ3v) is 3.58. The second kappa shape index (κ2) is 6.52. The fourth-order valence-corrected chi connectivity index (χ4v) is 2.46. The van der Waals surface area contributed by atoms with E-state index in [0.29, 0.717) is 12.7 Å². The molecule has 0 heterocycles. The summed E-state index contributed by atoms with van der Waals surface area (Å²) in [6.45, 7) is 0.422. The Morgan fingerprint density at radius 3 is 2.58 bits per heavy atom. The molecule has 5 nitrogen and oxygen atoms in total. The Bertz CT molecular complexity index is 440. The Labute approximate surface area is 112 Å². The molecule has 5 heteroatoms. The predicted molar refractivity (Wildman–Crippen MR) is 73.8 cm³/mol. The molecule has 1 aromatic rings. The van der Waals surface area contributed by atoms with Gasteiger partial charge < -0.3 is 10.5 Å². The number of nitrogens with zero attached hydrogens (tertiary/aromatic N) is 1. The zero-order chi connectivity index (χ0) is 13.7. The van der Waals surface area contributed by atoms with Gasteiger partial charge in [0.25, 0.3) is 5.69 Å². The highest BCUT2D eigenvalue weighted by atomic mass is 16.6. The highest BCUT2D eigenvalue weighted by Gasteiger charge is 2.15. The largest absolute Gasteiger partial charge is 0.393 e. The van der Waals surface area contributed by atoms with Crippen LogP contribution in [0.3, 0.4) is 0 Å². The summed E-state index contributed by atoms with van der Waals surface area (Å²) >= 11 is 0. The maximum Gasteiger partial charge on any atom is 0.292 e. The molecule has 0 unspecified atom stereocenters. The first-order valence-corrected chi connectivity index (χ1v) is 6.81. The molecule has 0 aromatic heterocycles. The summed E-state index contributed by atoms with van der Waals surface area (Å²) in [6.07, 6.45) is 7.48. The Balaban J connectivity index is 1.95. The van der Waals surface area contributed by atoms with E-state index in [1.807, 2.05) is 0 Å². The number of nitro benzene ring substituents is 1. The zero-order valence-electron chi connectivity index (χ0n) is 11.0. The number of hydrogen-bond donors (Lipinski definition) is 1. The molecule has 0 spiro atoms. The fraction of sp³-hybridized carbons (Fsp3) is 0.571. The summed E-state index contributed by atoms with van der Waals surface area (Å²) in [5.74, 6) is 0. The molecule has 0 saturated heterocycles. The van der Waals surface area contributed by atoms with E-state index in [9.17, 15) is 10.1 Å². The van der Waals surface area contributed by atoms with Gasteiger partial charge in [0.1, 0.15) is 5.69 Å². The topological polar surface area (TPSA) is 78.4 Å². The van der Waals surface area contributed by atoms with Crippen molar-refractivity contribution >= 4 is 11.4 Å². The second-order valence-corrected chi connectivity index (χ2v) is 5.07. The third-order valence-electron chi connectivity index (χ3n) is 3.58. The van der Waals surface area contributed by atoms with Gasteiger partial charge in [-0.15, -0.1) is 0 Å². The van der Waals surface area contributed by atoms with Gasteiger partial charge in [-0.1, -0.05) is 31.7 Å². The second-order valence-electron chi connectivity index (χ2n) is 5.07.